The van der Waals surface area contributed by atoms with Crippen molar-refractivity contribution in [1.82, 2.24) is 4.31 Å². The zero-order valence-electron chi connectivity index (χ0n) is 15.7. The quantitative estimate of drug-likeness (QED) is 0.689. The minimum atomic E-state index is -3.65. The summed E-state index contributed by atoms with van der Waals surface area (Å²) < 4.78 is 30.7. The summed E-state index contributed by atoms with van der Waals surface area (Å²) in [5.41, 5.74) is 1.45. The fourth-order valence-corrected chi connectivity index (χ4v) is 3.69. The Morgan fingerprint density at radius 1 is 1.14 bits per heavy atom. The van der Waals surface area contributed by atoms with E-state index in [2.05, 4.69) is 5.32 Å². The maximum Gasteiger partial charge on any atom is 0.310 e. The first-order valence-electron chi connectivity index (χ1n) is 8.33. The van der Waals surface area contributed by atoms with E-state index in [0.29, 0.717) is 16.1 Å². The van der Waals surface area contributed by atoms with E-state index in [-0.39, 0.29) is 17.0 Å². The maximum atomic E-state index is 12.3. The molecule has 1 N–H and O–H groups in total. The number of nitrogens with zero attached hydrogens (tertiary/aromatic N) is 1. The summed E-state index contributed by atoms with van der Waals surface area (Å²) in [5, 5.41) is 2.97. The van der Waals surface area contributed by atoms with Gasteiger partial charge in [0.1, 0.15) is 0 Å². The molecular formula is C19H21ClN2O5S. The van der Waals surface area contributed by atoms with E-state index in [9.17, 15) is 18.0 Å². The normalized spacial score (nSPS) is 11.3. The van der Waals surface area contributed by atoms with Gasteiger partial charge in [-0.25, -0.2) is 12.7 Å². The number of rotatable bonds is 7. The Kier molecular flexibility index (Phi) is 7.17. The van der Waals surface area contributed by atoms with Crippen LogP contribution in [0.15, 0.2) is 47.4 Å². The number of hydrogen-bond acceptors (Lipinski definition) is 5. The molecule has 0 saturated heterocycles. The smallest absolute Gasteiger partial charge is 0.310 e. The lowest BCUT2D eigenvalue weighted by molar-refractivity contribution is -0.146. The summed E-state index contributed by atoms with van der Waals surface area (Å²) >= 11 is 5.99. The molecule has 0 aliphatic rings. The molecule has 0 saturated carbocycles. The van der Waals surface area contributed by atoms with Crippen molar-refractivity contribution in [2.45, 2.75) is 18.2 Å². The Morgan fingerprint density at radius 3 is 2.46 bits per heavy atom. The molecule has 2 rings (SSSR count). The van der Waals surface area contributed by atoms with E-state index in [4.69, 9.17) is 16.3 Å². The van der Waals surface area contributed by atoms with Gasteiger partial charge >= 0.3 is 5.97 Å². The Morgan fingerprint density at radius 2 is 1.82 bits per heavy atom. The maximum absolute atomic E-state index is 12.3. The molecule has 0 radical (unpaired) electrons. The highest BCUT2D eigenvalue weighted by molar-refractivity contribution is 7.89. The SMILES string of the molecule is Cc1ccc(NC(=O)COC(=O)Cc2ccccc2Cl)cc1S(=O)(=O)N(C)C. The molecule has 0 fully saturated rings. The highest BCUT2D eigenvalue weighted by Crippen LogP contribution is 2.22. The minimum absolute atomic E-state index is 0.0529. The van der Waals surface area contributed by atoms with E-state index in [1.54, 1.807) is 43.3 Å². The van der Waals surface area contributed by atoms with Gasteiger partial charge in [0, 0.05) is 24.8 Å². The zero-order valence-corrected chi connectivity index (χ0v) is 17.3. The van der Waals surface area contributed by atoms with Crippen molar-refractivity contribution in [2.75, 3.05) is 26.0 Å². The van der Waals surface area contributed by atoms with Crippen molar-refractivity contribution in [3.63, 3.8) is 0 Å². The number of benzene rings is 2. The number of esters is 1. The molecular weight excluding hydrogens is 404 g/mol. The number of carbonyl (C=O) groups excluding carboxylic acids is 2. The molecule has 0 aromatic heterocycles. The van der Waals surface area contributed by atoms with Crippen molar-refractivity contribution in [1.29, 1.82) is 0 Å². The second-order valence-electron chi connectivity index (χ2n) is 6.24. The van der Waals surface area contributed by atoms with Crippen molar-refractivity contribution in [3.8, 4) is 0 Å². The van der Waals surface area contributed by atoms with Gasteiger partial charge in [-0.1, -0.05) is 35.9 Å². The van der Waals surface area contributed by atoms with Crippen LogP contribution in [0.1, 0.15) is 11.1 Å². The van der Waals surface area contributed by atoms with E-state index in [1.165, 1.54) is 20.2 Å². The van der Waals surface area contributed by atoms with E-state index in [1.807, 2.05) is 0 Å². The van der Waals surface area contributed by atoms with Gasteiger partial charge in [-0.3, -0.25) is 9.59 Å². The van der Waals surface area contributed by atoms with E-state index in [0.717, 1.165) is 4.31 Å². The van der Waals surface area contributed by atoms with Gasteiger partial charge < -0.3 is 10.1 Å². The topological polar surface area (TPSA) is 92.8 Å². The number of ether oxygens (including phenoxy) is 1. The molecule has 150 valence electrons. The average molecular weight is 425 g/mol. The lowest BCUT2D eigenvalue weighted by atomic mass is 10.1. The third-order valence-electron chi connectivity index (χ3n) is 3.89. The van der Waals surface area contributed by atoms with Crippen molar-refractivity contribution >= 4 is 39.2 Å². The third kappa shape index (κ3) is 5.54. The van der Waals surface area contributed by atoms with Crippen molar-refractivity contribution < 1.29 is 22.7 Å². The number of anilines is 1. The molecule has 0 aliphatic carbocycles. The van der Waals surface area contributed by atoms with Crippen molar-refractivity contribution in [3.05, 3.63) is 58.6 Å². The third-order valence-corrected chi connectivity index (χ3v) is 6.21. The number of halogens is 1. The van der Waals surface area contributed by atoms with Gasteiger partial charge in [0.2, 0.25) is 10.0 Å². The lowest BCUT2D eigenvalue weighted by Crippen LogP contribution is -2.24. The average Bonchev–Trinajstić information content (AvgIpc) is 2.63. The standard InChI is InChI=1S/C19H21ClN2O5S/c1-13-8-9-15(11-17(13)28(25,26)22(2)3)21-18(23)12-27-19(24)10-14-6-4-5-7-16(14)20/h4-9,11H,10,12H2,1-3H3,(H,21,23). The summed E-state index contributed by atoms with van der Waals surface area (Å²) in [6.07, 6.45) is -0.0529. The molecule has 9 heteroatoms. The van der Waals surface area contributed by atoms with Crippen LogP contribution in [0.4, 0.5) is 5.69 Å². The van der Waals surface area contributed by atoms with Gasteiger partial charge in [-0.2, -0.15) is 0 Å². The van der Waals surface area contributed by atoms with Crippen molar-refractivity contribution in [2.24, 2.45) is 0 Å². The number of aryl methyl sites for hydroxylation is 1. The van der Waals surface area contributed by atoms with Crippen LogP contribution in [-0.2, 0) is 30.8 Å². The minimum Gasteiger partial charge on any atom is -0.455 e. The van der Waals surface area contributed by atoms with Crippen LogP contribution in [-0.4, -0.2) is 45.3 Å². The molecule has 28 heavy (non-hydrogen) atoms. The van der Waals surface area contributed by atoms with Crippen LogP contribution in [0.5, 0.6) is 0 Å². The summed E-state index contributed by atoms with van der Waals surface area (Å²) in [7, 11) is -0.788. The summed E-state index contributed by atoms with van der Waals surface area (Å²) in [6, 6.07) is 11.4. The van der Waals surface area contributed by atoms with Gasteiger partial charge in [0.05, 0.1) is 11.3 Å². The molecule has 1 amide bonds. The molecule has 0 unspecified atom stereocenters. The van der Waals surface area contributed by atoms with Crippen LogP contribution < -0.4 is 5.32 Å². The molecule has 0 bridgehead atoms. The summed E-state index contributed by atoms with van der Waals surface area (Å²) in [6.45, 7) is 1.17. The Labute approximate surface area is 169 Å². The first-order valence-corrected chi connectivity index (χ1v) is 10.1. The van der Waals surface area contributed by atoms with Crippen LogP contribution in [0, 0.1) is 6.92 Å². The zero-order chi connectivity index (χ0) is 20.9. The highest BCUT2D eigenvalue weighted by atomic mass is 35.5. The Balaban J connectivity index is 1.98. The Bertz CT molecular complexity index is 990. The first-order chi connectivity index (χ1) is 13.1. The number of amides is 1. The monoisotopic (exact) mass is 424 g/mol. The molecule has 2 aromatic carbocycles. The predicted octanol–water partition coefficient (Wildman–Crippen LogP) is 2.62. The van der Waals surface area contributed by atoms with Gasteiger partial charge in [0.15, 0.2) is 6.61 Å². The molecule has 2 aromatic rings. The van der Waals surface area contributed by atoms with Crippen LogP contribution in [0.3, 0.4) is 0 Å². The molecule has 7 nitrogen and oxygen atoms in total. The summed E-state index contributed by atoms with van der Waals surface area (Å²) in [4.78, 5) is 24.0. The molecule has 0 atom stereocenters. The number of carbonyl (C=O) groups is 2. The second-order valence-corrected chi connectivity index (χ2v) is 8.77. The predicted molar refractivity (Wildman–Crippen MR) is 107 cm³/mol. The van der Waals surface area contributed by atoms with Crippen LogP contribution >= 0.6 is 11.6 Å². The molecule has 0 heterocycles. The number of sulfonamides is 1. The van der Waals surface area contributed by atoms with Gasteiger partial charge in [0.25, 0.3) is 5.91 Å². The Hall–Kier alpha value is -2.42. The fourth-order valence-electron chi connectivity index (χ4n) is 2.34. The van der Waals surface area contributed by atoms with Gasteiger partial charge in [-0.05, 0) is 36.2 Å². The fraction of sp³-hybridized carbons (Fsp3) is 0.263. The largest absolute Gasteiger partial charge is 0.455 e. The molecule has 0 spiro atoms. The van der Waals surface area contributed by atoms with Crippen LogP contribution in [0.2, 0.25) is 5.02 Å². The van der Waals surface area contributed by atoms with Gasteiger partial charge in [-0.15, -0.1) is 0 Å². The number of hydrogen-bond donors (Lipinski definition) is 1. The highest BCUT2D eigenvalue weighted by Gasteiger charge is 2.20. The van der Waals surface area contributed by atoms with E-state index >= 15 is 0 Å². The second kappa shape index (κ2) is 9.18. The van der Waals surface area contributed by atoms with Crippen LogP contribution in [0.25, 0.3) is 0 Å². The number of nitrogens with one attached hydrogen (secondary N) is 1. The summed E-state index contributed by atoms with van der Waals surface area (Å²) in [5.74, 6) is -1.17. The first kappa shape index (κ1) is 21.9. The lowest BCUT2D eigenvalue weighted by Gasteiger charge is -2.15. The van der Waals surface area contributed by atoms with E-state index < -0.39 is 28.5 Å². The molecule has 0 aliphatic heterocycles.